The molecule has 2 fully saturated rings. The summed E-state index contributed by atoms with van der Waals surface area (Å²) in [5, 5.41) is 15.4. The highest BCUT2D eigenvalue weighted by Crippen LogP contribution is 2.18. The van der Waals surface area contributed by atoms with Crippen LogP contribution in [0.1, 0.15) is 12.8 Å². The van der Waals surface area contributed by atoms with Crippen LogP contribution in [0.2, 0.25) is 0 Å². The van der Waals surface area contributed by atoms with Gasteiger partial charge in [-0.25, -0.2) is 0 Å². The third kappa shape index (κ3) is 3.97. The minimum atomic E-state index is -0.0423. The predicted octanol–water partition coefficient (Wildman–Crippen LogP) is -0.237. The molecule has 0 spiro atoms. The Morgan fingerprint density at radius 3 is 2.89 bits per heavy atom. The van der Waals surface area contributed by atoms with Crippen molar-refractivity contribution >= 4 is 11.8 Å². The van der Waals surface area contributed by atoms with E-state index < -0.39 is 0 Å². The van der Waals surface area contributed by atoms with Gasteiger partial charge >= 0.3 is 0 Å². The molecule has 2 saturated heterocycles. The van der Waals surface area contributed by atoms with E-state index in [0.29, 0.717) is 32.0 Å². The molecule has 2 aliphatic rings. The van der Waals surface area contributed by atoms with Crippen LogP contribution < -0.4 is 5.32 Å². The number of hydrogen-bond donors (Lipinski definition) is 1. The molecule has 27 heavy (non-hydrogen) atoms. The molecule has 9 nitrogen and oxygen atoms in total. The van der Waals surface area contributed by atoms with Crippen LogP contribution in [-0.4, -0.2) is 80.6 Å². The van der Waals surface area contributed by atoms with Crippen molar-refractivity contribution in [3.8, 4) is 11.4 Å². The van der Waals surface area contributed by atoms with E-state index in [4.69, 9.17) is 0 Å². The Kier molecular flexibility index (Phi) is 5.10. The smallest absolute Gasteiger partial charge is 0.246 e. The standard InChI is InChI=1S/C18H23N7O2/c26-16-11-19-8-10-24(16)15-7-4-9-23(12-15)17(27)13-25-21-18(20-22-25)14-5-2-1-3-6-14/h1-3,5-6,15,19H,4,7-13H2. The fraction of sp³-hybridized carbons (Fsp3) is 0.500. The van der Waals surface area contributed by atoms with E-state index in [9.17, 15) is 9.59 Å². The molecule has 142 valence electrons. The molecule has 2 aromatic rings. The first kappa shape index (κ1) is 17.6. The van der Waals surface area contributed by atoms with Crippen LogP contribution in [-0.2, 0) is 16.1 Å². The fourth-order valence-corrected chi connectivity index (χ4v) is 3.68. The maximum atomic E-state index is 12.7. The second kappa shape index (κ2) is 7.83. The van der Waals surface area contributed by atoms with Crippen LogP contribution in [0.5, 0.6) is 0 Å². The van der Waals surface area contributed by atoms with Crippen LogP contribution >= 0.6 is 0 Å². The Morgan fingerprint density at radius 1 is 1.22 bits per heavy atom. The topological polar surface area (TPSA) is 96.2 Å². The lowest BCUT2D eigenvalue weighted by Gasteiger charge is -2.41. The molecular formula is C18H23N7O2. The number of piperidine rings is 1. The summed E-state index contributed by atoms with van der Waals surface area (Å²) < 4.78 is 0. The second-order valence-corrected chi connectivity index (χ2v) is 6.91. The molecule has 1 aromatic heterocycles. The third-order valence-corrected chi connectivity index (χ3v) is 5.08. The molecule has 2 amide bonds. The van der Waals surface area contributed by atoms with Crippen molar-refractivity contribution in [2.24, 2.45) is 0 Å². The fourth-order valence-electron chi connectivity index (χ4n) is 3.68. The van der Waals surface area contributed by atoms with E-state index in [1.807, 2.05) is 40.1 Å². The van der Waals surface area contributed by atoms with Crippen LogP contribution in [0.4, 0.5) is 0 Å². The molecule has 1 N–H and O–H groups in total. The largest absolute Gasteiger partial charge is 0.339 e. The molecule has 9 heteroatoms. The van der Waals surface area contributed by atoms with Gasteiger partial charge < -0.3 is 15.1 Å². The number of carbonyl (C=O) groups is 2. The summed E-state index contributed by atoms with van der Waals surface area (Å²) in [6.45, 7) is 3.23. The molecule has 0 saturated carbocycles. The van der Waals surface area contributed by atoms with Crippen LogP contribution in [0.15, 0.2) is 30.3 Å². The summed E-state index contributed by atoms with van der Waals surface area (Å²) in [7, 11) is 0. The van der Waals surface area contributed by atoms with Crippen molar-refractivity contribution in [1.82, 2.24) is 35.3 Å². The van der Waals surface area contributed by atoms with E-state index in [-0.39, 0.29) is 24.4 Å². The highest BCUT2D eigenvalue weighted by atomic mass is 16.2. The van der Waals surface area contributed by atoms with Gasteiger partial charge in [0, 0.05) is 37.8 Å². The Morgan fingerprint density at radius 2 is 2.07 bits per heavy atom. The molecule has 4 rings (SSSR count). The summed E-state index contributed by atoms with van der Waals surface area (Å²) in [5.74, 6) is 0.580. The molecule has 1 aromatic carbocycles. The maximum absolute atomic E-state index is 12.7. The van der Waals surface area contributed by atoms with Crippen LogP contribution in [0, 0.1) is 0 Å². The number of likely N-dealkylation sites (tertiary alicyclic amines) is 1. The number of rotatable bonds is 4. The van der Waals surface area contributed by atoms with Gasteiger partial charge in [0.25, 0.3) is 0 Å². The van der Waals surface area contributed by atoms with E-state index >= 15 is 0 Å². The zero-order chi connectivity index (χ0) is 18.6. The SMILES string of the molecule is O=C(Cn1nnc(-c2ccccc2)n1)N1CCCC(N2CCNCC2=O)C1. The number of nitrogens with one attached hydrogen (secondary N) is 1. The summed E-state index contributed by atoms with van der Waals surface area (Å²) in [6, 6.07) is 9.65. The van der Waals surface area contributed by atoms with Crippen molar-refractivity contribution in [3.63, 3.8) is 0 Å². The summed E-state index contributed by atoms with van der Waals surface area (Å²) in [4.78, 5) is 29.9. The van der Waals surface area contributed by atoms with E-state index in [0.717, 1.165) is 24.9 Å². The first-order valence-corrected chi connectivity index (χ1v) is 9.32. The molecule has 2 aliphatic heterocycles. The van der Waals surface area contributed by atoms with Gasteiger partial charge in [-0.1, -0.05) is 30.3 Å². The average molecular weight is 369 g/mol. The molecule has 0 radical (unpaired) electrons. The molecule has 1 unspecified atom stereocenters. The van der Waals surface area contributed by atoms with E-state index in [1.54, 1.807) is 0 Å². The minimum absolute atomic E-state index is 0.0423. The lowest BCUT2D eigenvalue weighted by Crippen LogP contribution is -2.57. The zero-order valence-electron chi connectivity index (χ0n) is 15.1. The van der Waals surface area contributed by atoms with Gasteiger partial charge in [-0.05, 0) is 18.1 Å². The van der Waals surface area contributed by atoms with Gasteiger partial charge in [0.15, 0.2) is 0 Å². The Hall–Kier alpha value is -2.81. The zero-order valence-corrected chi connectivity index (χ0v) is 15.1. The number of aromatic nitrogens is 4. The van der Waals surface area contributed by atoms with Crippen molar-refractivity contribution in [3.05, 3.63) is 30.3 Å². The molecular weight excluding hydrogens is 346 g/mol. The first-order valence-electron chi connectivity index (χ1n) is 9.32. The second-order valence-electron chi connectivity index (χ2n) is 6.91. The number of nitrogens with zero attached hydrogens (tertiary/aromatic N) is 6. The van der Waals surface area contributed by atoms with Gasteiger partial charge in [0.05, 0.1) is 6.54 Å². The number of carbonyl (C=O) groups excluding carboxylic acids is 2. The highest BCUT2D eigenvalue weighted by Gasteiger charge is 2.31. The van der Waals surface area contributed by atoms with Gasteiger partial charge in [0.2, 0.25) is 17.6 Å². The molecule has 0 aliphatic carbocycles. The number of tetrazole rings is 1. The predicted molar refractivity (Wildman–Crippen MR) is 97.4 cm³/mol. The number of piperazine rings is 1. The monoisotopic (exact) mass is 369 g/mol. The summed E-state index contributed by atoms with van der Waals surface area (Å²) in [6.07, 6.45) is 1.84. The van der Waals surface area contributed by atoms with Crippen molar-refractivity contribution in [2.75, 3.05) is 32.7 Å². The Balaban J connectivity index is 1.38. The molecule has 0 bridgehead atoms. The summed E-state index contributed by atoms with van der Waals surface area (Å²) in [5.41, 5.74) is 0.867. The van der Waals surface area contributed by atoms with Gasteiger partial charge in [-0.3, -0.25) is 9.59 Å². The molecule has 1 atom stereocenters. The van der Waals surface area contributed by atoms with Crippen molar-refractivity contribution in [2.45, 2.75) is 25.4 Å². The van der Waals surface area contributed by atoms with Gasteiger partial charge in [-0.15, -0.1) is 10.2 Å². The third-order valence-electron chi connectivity index (χ3n) is 5.08. The Bertz CT molecular complexity index is 807. The normalized spacial score (nSPS) is 20.7. The van der Waals surface area contributed by atoms with Crippen LogP contribution in [0.25, 0.3) is 11.4 Å². The quantitative estimate of drug-likeness (QED) is 0.799. The van der Waals surface area contributed by atoms with Gasteiger partial charge in [-0.2, -0.15) is 4.80 Å². The van der Waals surface area contributed by atoms with E-state index in [2.05, 4.69) is 20.7 Å². The average Bonchev–Trinajstić information content (AvgIpc) is 3.17. The lowest BCUT2D eigenvalue weighted by molar-refractivity contribution is -0.141. The van der Waals surface area contributed by atoms with Crippen molar-refractivity contribution in [1.29, 1.82) is 0 Å². The highest BCUT2D eigenvalue weighted by molar-refractivity contribution is 5.80. The van der Waals surface area contributed by atoms with Crippen LogP contribution in [0.3, 0.4) is 0 Å². The lowest BCUT2D eigenvalue weighted by atomic mass is 10.0. The number of hydrogen-bond acceptors (Lipinski definition) is 6. The minimum Gasteiger partial charge on any atom is -0.339 e. The maximum Gasteiger partial charge on any atom is 0.246 e. The number of amides is 2. The Labute approximate surface area is 157 Å². The molecule has 3 heterocycles. The van der Waals surface area contributed by atoms with Crippen molar-refractivity contribution < 1.29 is 9.59 Å². The number of benzene rings is 1. The first-order chi connectivity index (χ1) is 13.2. The van der Waals surface area contributed by atoms with E-state index in [1.165, 1.54) is 4.80 Å². The van der Waals surface area contributed by atoms with Gasteiger partial charge in [0.1, 0.15) is 6.54 Å². The summed E-state index contributed by atoms with van der Waals surface area (Å²) >= 11 is 0.